The number of nitrogens with zero attached hydrogens (tertiary/aromatic N) is 2. The highest BCUT2D eigenvalue weighted by atomic mass is 16.5. The molecule has 3 aromatic rings. The van der Waals surface area contributed by atoms with E-state index < -0.39 is 0 Å². The first-order valence-corrected chi connectivity index (χ1v) is 6.43. The van der Waals surface area contributed by atoms with E-state index in [2.05, 4.69) is 40.6 Å². The Balaban J connectivity index is 2.24. The second kappa shape index (κ2) is 4.76. The molecule has 0 amide bonds. The normalized spacial score (nSPS) is 10.8. The lowest BCUT2D eigenvalue weighted by Gasteiger charge is -2.10. The molecule has 0 aliphatic rings. The summed E-state index contributed by atoms with van der Waals surface area (Å²) in [6.07, 6.45) is 2.84. The second-order valence-electron chi connectivity index (χ2n) is 4.45. The summed E-state index contributed by atoms with van der Waals surface area (Å²) in [7, 11) is 1.70. The number of hydrogen-bond acceptors (Lipinski definition) is 2. The Bertz CT molecular complexity index is 701. The van der Waals surface area contributed by atoms with Crippen LogP contribution >= 0.6 is 0 Å². The molecule has 0 N–H and O–H groups in total. The summed E-state index contributed by atoms with van der Waals surface area (Å²) in [6.45, 7) is 2.12. The minimum absolute atomic E-state index is 0.825. The molecule has 0 fully saturated rings. The maximum absolute atomic E-state index is 5.51. The van der Waals surface area contributed by atoms with Crippen LogP contribution in [-0.2, 0) is 6.42 Å². The van der Waals surface area contributed by atoms with Gasteiger partial charge in [0, 0.05) is 18.0 Å². The van der Waals surface area contributed by atoms with Crippen LogP contribution in [0.4, 0.5) is 0 Å². The van der Waals surface area contributed by atoms with Crippen molar-refractivity contribution in [1.29, 1.82) is 0 Å². The Hall–Kier alpha value is -2.29. The van der Waals surface area contributed by atoms with E-state index in [0.717, 1.165) is 29.2 Å². The summed E-state index contributed by atoms with van der Waals surface area (Å²) in [5.41, 5.74) is 4.38. The van der Waals surface area contributed by atoms with E-state index in [1.54, 1.807) is 7.11 Å². The molecule has 0 saturated carbocycles. The molecule has 2 aromatic heterocycles. The minimum atomic E-state index is 0.825. The van der Waals surface area contributed by atoms with Crippen LogP contribution in [0, 0.1) is 0 Å². The number of fused-ring (bicyclic) bond motifs is 1. The van der Waals surface area contributed by atoms with E-state index in [9.17, 15) is 0 Å². The van der Waals surface area contributed by atoms with Crippen molar-refractivity contribution < 1.29 is 4.74 Å². The predicted molar refractivity (Wildman–Crippen MR) is 76.6 cm³/mol. The highest BCUT2D eigenvalue weighted by Gasteiger charge is 2.10. The second-order valence-corrected chi connectivity index (χ2v) is 4.45. The van der Waals surface area contributed by atoms with Crippen molar-refractivity contribution in [2.45, 2.75) is 13.3 Å². The third kappa shape index (κ3) is 1.97. The summed E-state index contributed by atoms with van der Waals surface area (Å²) in [5, 5.41) is 0. The number of rotatable bonds is 3. The lowest BCUT2D eigenvalue weighted by atomic mass is 10.1. The Morgan fingerprint density at radius 3 is 2.58 bits per heavy atom. The molecule has 3 heteroatoms. The lowest BCUT2D eigenvalue weighted by molar-refractivity contribution is 0.391. The maximum atomic E-state index is 5.51. The monoisotopic (exact) mass is 252 g/mol. The topological polar surface area (TPSA) is 26.5 Å². The fraction of sp³-hybridized carbons (Fsp3) is 0.188. The zero-order chi connectivity index (χ0) is 13.2. The predicted octanol–water partition coefficient (Wildman–Crippen LogP) is 3.57. The van der Waals surface area contributed by atoms with Crippen LogP contribution in [0.3, 0.4) is 0 Å². The third-order valence-electron chi connectivity index (χ3n) is 3.32. The summed E-state index contributed by atoms with van der Waals surface area (Å²) in [6, 6.07) is 14.4. The summed E-state index contributed by atoms with van der Waals surface area (Å²) >= 11 is 0. The molecule has 0 saturated heterocycles. The van der Waals surface area contributed by atoms with Gasteiger partial charge >= 0.3 is 0 Å². The summed E-state index contributed by atoms with van der Waals surface area (Å²) in [4.78, 5) is 4.47. The van der Waals surface area contributed by atoms with Gasteiger partial charge in [-0.05, 0) is 23.6 Å². The minimum Gasteiger partial charge on any atom is -0.482 e. The molecular formula is C16H16N2O. The van der Waals surface area contributed by atoms with Crippen molar-refractivity contribution in [3.8, 4) is 17.0 Å². The maximum Gasteiger partial charge on any atom is 0.199 e. The van der Waals surface area contributed by atoms with Crippen LogP contribution in [-0.4, -0.2) is 16.5 Å². The third-order valence-corrected chi connectivity index (χ3v) is 3.32. The molecule has 0 aliphatic heterocycles. The van der Waals surface area contributed by atoms with Gasteiger partial charge in [0.25, 0.3) is 0 Å². The van der Waals surface area contributed by atoms with E-state index >= 15 is 0 Å². The van der Waals surface area contributed by atoms with Gasteiger partial charge in [0.2, 0.25) is 0 Å². The van der Waals surface area contributed by atoms with Gasteiger partial charge in [-0.2, -0.15) is 0 Å². The first-order valence-electron chi connectivity index (χ1n) is 6.43. The van der Waals surface area contributed by atoms with E-state index in [1.807, 2.05) is 24.4 Å². The van der Waals surface area contributed by atoms with Crippen LogP contribution in [0.2, 0.25) is 0 Å². The average Bonchev–Trinajstić information content (AvgIpc) is 2.90. The van der Waals surface area contributed by atoms with Crippen LogP contribution in [0.5, 0.6) is 5.88 Å². The number of pyridine rings is 1. The molecule has 0 spiro atoms. The standard InChI is InChI=1S/C16H16N2O/c1-3-14-11-17-15-9-13(10-16(19-2)18(14)15)12-7-5-4-6-8-12/h4-11H,3H2,1-2H3. The fourth-order valence-electron chi connectivity index (χ4n) is 2.33. The van der Waals surface area contributed by atoms with Gasteiger partial charge < -0.3 is 4.74 Å². The molecule has 3 nitrogen and oxygen atoms in total. The van der Waals surface area contributed by atoms with Gasteiger partial charge in [0.15, 0.2) is 5.88 Å². The van der Waals surface area contributed by atoms with Crippen molar-refractivity contribution in [1.82, 2.24) is 9.38 Å². The van der Waals surface area contributed by atoms with Crippen molar-refractivity contribution in [3.63, 3.8) is 0 Å². The number of aryl methyl sites for hydroxylation is 1. The SMILES string of the molecule is CCc1cnc2cc(-c3ccccc3)cc(OC)n12. The highest BCUT2D eigenvalue weighted by molar-refractivity contribution is 5.69. The molecule has 2 heterocycles. The zero-order valence-electron chi connectivity index (χ0n) is 11.1. The summed E-state index contributed by atoms with van der Waals surface area (Å²) in [5.74, 6) is 0.825. The molecule has 0 aliphatic carbocycles. The number of ether oxygens (including phenoxy) is 1. The van der Waals surface area contributed by atoms with E-state index in [-0.39, 0.29) is 0 Å². The van der Waals surface area contributed by atoms with Crippen LogP contribution in [0.15, 0.2) is 48.7 Å². The van der Waals surface area contributed by atoms with Crippen LogP contribution in [0.1, 0.15) is 12.6 Å². The Morgan fingerprint density at radius 1 is 1.11 bits per heavy atom. The largest absolute Gasteiger partial charge is 0.482 e. The van der Waals surface area contributed by atoms with Crippen molar-refractivity contribution >= 4 is 5.65 Å². The molecule has 0 radical (unpaired) electrons. The number of imidazole rings is 1. The number of hydrogen-bond donors (Lipinski definition) is 0. The molecule has 0 atom stereocenters. The van der Waals surface area contributed by atoms with Crippen LogP contribution in [0.25, 0.3) is 16.8 Å². The van der Waals surface area contributed by atoms with Crippen molar-refractivity contribution in [2.24, 2.45) is 0 Å². The number of benzene rings is 1. The van der Waals surface area contributed by atoms with Gasteiger partial charge in [0.1, 0.15) is 5.65 Å². The van der Waals surface area contributed by atoms with Crippen LogP contribution < -0.4 is 4.74 Å². The first kappa shape index (κ1) is 11.8. The smallest absolute Gasteiger partial charge is 0.199 e. The Labute approximate surface area is 112 Å². The molecule has 3 rings (SSSR count). The zero-order valence-corrected chi connectivity index (χ0v) is 11.1. The molecule has 1 aromatic carbocycles. The van der Waals surface area contributed by atoms with Gasteiger partial charge in [-0.25, -0.2) is 4.98 Å². The Kier molecular flexibility index (Phi) is 2.95. The molecule has 19 heavy (non-hydrogen) atoms. The molecular weight excluding hydrogens is 236 g/mol. The molecule has 0 bridgehead atoms. The summed E-state index contributed by atoms with van der Waals surface area (Å²) < 4.78 is 7.58. The molecule has 96 valence electrons. The molecule has 0 unspecified atom stereocenters. The van der Waals surface area contributed by atoms with Gasteiger partial charge in [-0.3, -0.25) is 4.40 Å². The van der Waals surface area contributed by atoms with Crippen molar-refractivity contribution in [3.05, 3.63) is 54.4 Å². The average molecular weight is 252 g/mol. The number of methoxy groups -OCH3 is 1. The Morgan fingerprint density at radius 2 is 1.89 bits per heavy atom. The highest BCUT2D eigenvalue weighted by Crippen LogP contribution is 2.27. The first-order chi connectivity index (χ1) is 9.33. The van der Waals surface area contributed by atoms with E-state index in [1.165, 1.54) is 5.56 Å². The number of aromatic nitrogens is 2. The van der Waals surface area contributed by atoms with E-state index in [0.29, 0.717) is 0 Å². The van der Waals surface area contributed by atoms with Gasteiger partial charge in [-0.15, -0.1) is 0 Å². The van der Waals surface area contributed by atoms with Gasteiger partial charge in [0.05, 0.1) is 7.11 Å². The fourth-order valence-corrected chi connectivity index (χ4v) is 2.33. The van der Waals surface area contributed by atoms with Gasteiger partial charge in [-0.1, -0.05) is 37.3 Å². The van der Waals surface area contributed by atoms with E-state index in [4.69, 9.17) is 4.74 Å². The lowest BCUT2D eigenvalue weighted by Crippen LogP contribution is -1.98. The quantitative estimate of drug-likeness (QED) is 0.712. The van der Waals surface area contributed by atoms with Crippen molar-refractivity contribution in [2.75, 3.05) is 7.11 Å².